The number of aromatic carboxylic acids is 1. The van der Waals surface area contributed by atoms with E-state index in [9.17, 15) is 18.0 Å². The van der Waals surface area contributed by atoms with Gasteiger partial charge in [-0.25, -0.2) is 17.9 Å². The van der Waals surface area contributed by atoms with Gasteiger partial charge in [0.1, 0.15) is 5.75 Å². The maximum Gasteiger partial charge on any atom is 0.335 e. The van der Waals surface area contributed by atoms with Crippen molar-refractivity contribution in [1.82, 2.24) is 10.0 Å². The number of carbonyl (C=O) groups excluding carboxylic acids is 1. The molecule has 0 fully saturated rings. The Bertz CT molecular complexity index is 598. The van der Waals surface area contributed by atoms with Gasteiger partial charge in [0.2, 0.25) is 15.9 Å². The zero-order chi connectivity index (χ0) is 15.2. The second kappa shape index (κ2) is 7.01. The SMILES string of the molecule is CCNS(=O)(=O)CC(=O)NCc1cccc(C(=O)O)c1. The molecule has 0 radical (unpaired) electrons. The number of hydrogen-bond donors (Lipinski definition) is 3. The fraction of sp³-hybridized carbons (Fsp3) is 0.333. The summed E-state index contributed by atoms with van der Waals surface area (Å²) in [5, 5.41) is 11.3. The number of hydrogen-bond acceptors (Lipinski definition) is 4. The van der Waals surface area contributed by atoms with E-state index in [4.69, 9.17) is 5.11 Å². The summed E-state index contributed by atoms with van der Waals surface area (Å²) in [5.74, 6) is -2.36. The summed E-state index contributed by atoms with van der Waals surface area (Å²) < 4.78 is 24.9. The molecule has 110 valence electrons. The minimum Gasteiger partial charge on any atom is -0.478 e. The highest BCUT2D eigenvalue weighted by Crippen LogP contribution is 2.05. The Labute approximate surface area is 117 Å². The maximum atomic E-state index is 11.5. The van der Waals surface area contributed by atoms with Crippen molar-refractivity contribution in [3.8, 4) is 0 Å². The molecule has 0 saturated heterocycles. The predicted octanol–water partition coefficient (Wildman–Crippen LogP) is -0.0597. The van der Waals surface area contributed by atoms with E-state index < -0.39 is 27.7 Å². The van der Waals surface area contributed by atoms with E-state index in [-0.39, 0.29) is 18.7 Å². The van der Waals surface area contributed by atoms with Crippen LogP contribution in [0.4, 0.5) is 0 Å². The molecule has 1 amide bonds. The number of benzene rings is 1. The first-order valence-corrected chi connectivity index (χ1v) is 7.55. The lowest BCUT2D eigenvalue weighted by Crippen LogP contribution is -2.36. The summed E-state index contributed by atoms with van der Waals surface area (Å²) in [7, 11) is -3.61. The topological polar surface area (TPSA) is 113 Å². The minimum absolute atomic E-state index is 0.0710. The van der Waals surface area contributed by atoms with Gasteiger partial charge in [0, 0.05) is 13.1 Å². The van der Waals surface area contributed by atoms with Gasteiger partial charge in [-0.1, -0.05) is 19.1 Å². The molecule has 0 aliphatic heterocycles. The van der Waals surface area contributed by atoms with Crippen molar-refractivity contribution in [1.29, 1.82) is 0 Å². The Morgan fingerprint density at radius 1 is 1.30 bits per heavy atom. The molecule has 0 aromatic heterocycles. The van der Waals surface area contributed by atoms with E-state index in [0.717, 1.165) is 0 Å². The van der Waals surface area contributed by atoms with Gasteiger partial charge in [0.05, 0.1) is 5.56 Å². The molecule has 0 heterocycles. The highest BCUT2D eigenvalue weighted by atomic mass is 32.2. The first-order valence-electron chi connectivity index (χ1n) is 5.90. The fourth-order valence-corrected chi connectivity index (χ4v) is 2.50. The van der Waals surface area contributed by atoms with Crippen molar-refractivity contribution in [2.75, 3.05) is 12.3 Å². The van der Waals surface area contributed by atoms with Crippen LogP contribution in [0.5, 0.6) is 0 Å². The lowest BCUT2D eigenvalue weighted by atomic mass is 10.1. The van der Waals surface area contributed by atoms with Gasteiger partial charge in [-0.15, -0.1) is 0 Å². The van der Waals surface area contributed by atoms with Gasteiger partial charge in [-0.3, -0.25) is 4.79 Å². The van der Waals surface area contributed by atoms with Crippen molar-refractivity contribution < 1.29 is 23.1 Å². The first-order chi connectivity index (χ1) is 9.34. The van der Waals surface area contributed by atoms with Gasteiger partial charge in [-0.05, 0) is 17.7 Å². The molecule has 0 bridgehead atoms. The summed E-state index contributed by atoms with van der Waals surface area (Å²) in [4.78, 5) is 22.3. The predicted molar refractivity (Wildman–Crippen MR) is 72.7 cm³/mol. The monoisotopic (exact) mass is 300 g/mol. The Morgan fingerprint density at radius 3 is 2.60 bits per heavy atom. The van der Waals surface area contributed by atoms with Gasteiger partial charge < -0.3 is 10.4 Å². The van der Waals surface area contributed by atoms with Gasteiger partial charge in [-0.2, -0.15) is 0 Å². The minimum atomic E-state index is -3.61. The zero-order valence-electron chi connectivity index (χ0n) is 10.9. The maximum absolute atomic E-state index is 11.5. The quantitative estimate of drug-likeness (QED) is 0.653. The van der Waals surface area contributed by atoms with Gasteiger partial charge >= 0.3 is 5.97 Å². The Morgan fingerprint density at radius 2 is 2.00 bits per heavy atom. The van der Waals surface area contributed by atoms with E-state index in [2.05, 4.69) is 10.0 Å². The third kappa shape index (κ3) is 5.37. The summed E-state index contributed by atoms with van der Waals surface area (Å²) >= 11 is 0. The molecule has 0 unspecified atom stereocenters. The molecule has 0 saturated carbocycles. The summed E-state index contributed by atoms with van der Waals surface area (Å²) in [6, 6.07) is 6.05. The first kappa shape index (κ1) is 16.1. The molecule has 7 nitrogen and oxygen atoms in total. The molecule has 3 N–H and O–H groups in total. The number of carboxylic acids is 1. The number of nitrogens with one attached hydrogen (secondary N) is 2. The molecule has 1 aromatic carbocycles. The standard InChI is InChI=1S/C12H16N2O5S/c1-2-14-20(18,19)8-11(15)13-7-9-4-3-5-10(6-9)12(16)17/h3-6,14H,2,7-8H2,1H3,(H,13,15)(H,16,17). The highest BCUT2D eigenvalue weighted by Gasteiger charge is 2.14. The Hall–Kier alpha value is -1.93. The molecule has 20 heavy (non-hydrogen) atoms. The Balaban J connectivity index is 2.57. The average molecular weight is 300 g/mol. The highest BCUT2D eigenvalue weighted by molar-refractivity contribution is 7.90. The van der Waals surface area contributed by atoms with Crippen LogP contribution in [0.3, 0.4) is 0 Å². The third-order valence-electron chi connectivity index (χ3n) is 2.35. The van der Waals surface area contributed by atoms with Crippen molar-refractivity contribution in [3.05, 3.63) is 35.4 Å². The molecule has 0 aliphatic rings. The van der Waals surface area contributed by atoms with Crippen LogP contribution in [0.2, 0.25) is 0 Å². The van der Waals surface area contributed by atoms with Crippen LogP contribution in [0, 0.1) is 0 Å². The zero-order valence-corrected chi connectivity index (χ0v) is 11.7. The van der Waals surface area contributed by atoms with Crippen molar-refractivity contribution in [3.63, 3.8) is 0 Å². The second-order valence-corrected chi connectivity index (χ2v) is 5.85. The molecule has 0 aliphatic carbocycles. The van der Waals surface area contributed by atoms with Gasteiger partial charge in [0.15, 0.2) is 0 Å². The molecule has 8 heteroatoms. The number of carbonyl (C=O) groups is 2. The van der Waals surface area contributed by atoms with Crippen molar-refractivity contribution >= 4 is 21.9 Å². The van der Waals surface area contributed by atoms with E-state index >= 15 is 0 Å². The van der Waals surface area contributed by atoms with E-state index in [0.29, 0.717) is 5.56 Å². The molecule has 1 aromatic rings. The lowest BCUT2D eigenvalue weighted by Gasteiger charge is -2.07. The van der Waals surface area contributed by atoms with E-state index in [1.54, 1.807) is 19.1 Å². The normalized spacial score (nSPS) is 11.1. The van der Waals surface area contributed by atoms with Crippen LogP contribution in [-0.4, -0.2) is 37.7 Å². The van der Waals surface area contributed by atoms with Crippen LogP contribution >= 0.6 is 0 Å². The molecule has 1 rings (SSSR count). The van der Waals surface area contributed by atoms with Crippen LogP contribution in [0.25, 0.3) is 0 Å². The number of amides is 1. The third-order valence-corrected chi connectivity index (χ3v) is 3.72. The van der Waals surface area contributed by atoms with E-state index in [1.165, 1.54) is 12.1 Å². The van der Waals surface area contributed by atoms with Crippen LogP contribution in [0.15, 0.2) is 24.3 Å². The molecule has 0 atom stereocenters. The number of sulfonamides is 1. The van der Waals surface area contributed by atoms with Crippen LogP contribution in [-0.2, 0) is 21.4 Å². The smallest absolute Gasteiger partial charge is 0.335 e. The molecular formula is C12H16N2O5S. The fourth-order valence-electron chi connectivity index (χ4n) is 1.51. The summed E-state index contributed by atoms with van der Waals surface area (Å²) in [5.41, 5.74) is 0.691. The Kier molecular flexibility index (Phi) is 5.66. The summed E-state index contributed by atoms with van der Waals surface area (Å²) in [6.45, 7) is 1.91. The molecular weight excluding hydrogens is 284 g/mol. The number of carboxylic acid groups (broad SMARTS) is 1. The lowest BCUT2D eigenvalue weighted by molar-refractivity contribution is -0.118. The van der Waals surface area contributed by atoms with E-state index in [1.807, 2.05) is 0 Å². The van der Waals surface area contributed by atoms with Crippen molar-refractivity contribution in [2.45, 2.75) is 13.5 Å². The molecule has 0 spiro atoms. The van der Waals surface area contributed by atoms with Crippen LogP contribution in [0.1, 0.15) is 22.8 Å². The number of rotatable bonds is 7. The largest absolute Gasteiger partial charge is 0.478 e. The second-order valence-electron chi connectivity index (χ2n) is 4.04. The van der Waals surface area contributed by atoms with Crippen LogP contribution < -0.4 is 10.0 Å². The van der Waals surface area contributed by atoms with Crippen molar-refractivity contribution in [2.24, 2.45) is 0 Å². The summed E-state index contributed by atoms with van der Waals surface area (Å²) in [6.07, 6.45) is 0. The average Bonchev–Trinajstić information content (AvgIpc) is 2.36. The van der Waals surface area contributed by atoms with Gasteiger partial charge in [0.25, 0.3) is 0 Å².